The van der Waals surface area contributed by atoms with Gasteiger partial charge in [0.05, 0.1) is 10.9 Å². The van der Waals surface area contributed by atoms with Gasteiger partial charge in [0, 0.05) is 11.8 Å². The van der Waals surface area contributed by atoms with Gasteiger partial charge >= 0.3 is 0 Å². The van der Waals surface area contributed by atoms with E-state index in [1.165, 1.54) is 12.1 Å². The van der Waals surface area contributed by atoms with Crippen LogP contribution < -0.4 is 14.8 Å². The lowest BCUT2D eigenvalue weighted by Crippen LogP contribution is -2.32. The molecule has 1 heterocycles. The van der Waals surface area contributed by atoms with Gasteiger partial charge in [-0.15, -0.1) is 0 Å². The molecule has 3 rings (SSSR count). The summed E-state index contributed by atoms with van der Waals surface area (Å²) >= 11 is 0. The fourth-order valence-electron chi connectivity index (χ4n) is 3.18. The Hall–Kier alpha value is -2.54. The van der Waals surface area contributed by atoms with Gasteiger partial charge in [0.25, 0.3) is 5.91 Å². The van der Waals surface area contributed by atoms with Crippen molar-refractivity contribution in [2.24, 2.45) is 5.92 Å². The van der Waals surface area contributed by atoms with Crippen LogP contribution in [0, 0.1) is 12.8 Å². The lowest BCUT2D eigenvalue weighted by atomic mass is 9.95. The van der Waals surface area contributed by atoms with Gasteiger partial charge in [0.2, 0.25) is 0 Å². The van der Waals surface area contributed by atoms with Gasteiger partial charge in [-0.1, -0.05) is 26.0 Å². The molecule has 0 aromatic heterocycles. The van der Waals surface area contributed by atoms with E-state index >= 15 is 0 Å². The van der Waals surface area contributed by atoms with Crippen LogP contribution in [-0.4, -0.2) is 33.8 Å². The summed E-state index contributed by atoms with van der Waals surface area (Å²) in [5.41, 5.74) is 1.98. The molecule has 2 aromatic rings. The van der Waals surface area contributed by atoms with Crippen molar-refractivity contribution < 1.29 is 22.7 Å². The second-order valence-corrected chi connectivity index (χ2v) is 9.36. The van der Waals surface area contributed by atoms with Gasteiger partial charge < -0.3 is 14.8 Å². The summed E-state index contributed by atoms with van der Waals surface area (Å²) < 4.78 is 34.9. The molecule has 7 heteroatoms. The molecule has 6 nitrogen and oxygen atoms in total. The standard InChI is InChI=1S/C21H25NO5S/c1-13(2)20(15-6-8-18-19(11-15)27-10-9-26-18)22-21(23)17-12-16(28(4,24)25)7-5-14(17)3/h5-8,11-13,20H,9-10H2,1-4H3,(H,22,23). The zero-order valence-electron chi connectivity index (χ0n) is 16.5. The minimum atomic E-state index is -3.39. The van der Waals surface area contributed by atoms with Crippen LogP contribution >= 0.6 is 0 Å². The van der Waals surface area contributed by atoms with E-state index in [4.69, 9.17) is 9.47 Å². The summed E-state index contributed by atoms with van der Waals surface area (Å²) in [4.78, 5) is 13.1. The first-order valence-electron chi connectivity index (χ1n) is 9.18. The number of ether oxygens (including phenoxy) is 2. The molecule has 1 atom stereocenters. The first-order chi connectivity index (χ1) is 13.2. The van der Waals surface area contributed by atoms with Crippen molar-refractivity contribution in [2.45, 2.75) is 31.7 Å². The smallest absolute Gasteiger partial charge is 0.252 e. The molecule has 0 aliphatic carbocycles. The largest absolute Gasteiger partial charge is 0.486 e. The zero-order chi connectivity index (χ0) is 20.5. The molecule has 0 fully saturated rings. The number of benzene rings is 2. The third-order valence-corrected chi connectivity index (χ3v) is 5.87. The van der Waals surface area contributed by atoms with E-state index in [1.54, 1.807) is 13.0 Å². The Kier molecular flexibility index (Phi) is 5.65. The number of carbonyl (C=O) groups is 1. The van der Waals surface area contributed by atoms with E-state index in [-0.39, 0.29) is 22.8 Å². The highest BCUT2D eigenvalue weighted by Gasteiger charge is 2.23. The van der Waals surface area contributed by atoms with Crippen LogP contribution in [0.4, 0.5) is 0 Å². The number of nitrogens with one attached hydrogen (secondary N) is 1. The lowest BCUT2D eigenvalue weighted by Gasteiger charge is -2.26. The fraction of sp³-hybridized carbons (Fsp3) is 0.381. The Morgan fingerprint density at radius 2 is 1.71 bits per heavy atom. The summed E-state index contributed by atoms with van der Waals surface area (Å²) in [6, 6.07) is 9.99. The van der Waals surface area contributed by atoms with E-state index in [0.29, 0.717) is 30.3 Å². The van der Waals surface area contributed by atoms with E-state index in [2.05, 4.69) is 5.32 Å². The highest BCUT2D eigenvalue weighted by molar-refractivity contribution is 7.90. The number of fused-ring (bicyclic) bond motifs is 1. The van der Waals surface area contributed by atoms with Crippen molar-refractivity contribution in [1.29, 1.82) is 0 Å². The molecule has 1 unspecified atom stereocenters. The predicted octanol–water partition coefficient (Wildman–Crippen LogP) is 3.30. The highest BCUT2D eigenvalue weighted by Crippen LogP contribution is 2.34. The maximum atomic E-state index is 13.0. The predicted molar refractivity (Wildman–Crippen MR) is 107 cm³/mol. The SMILES string of the molecule is Cc1ccc(S(C)(=O)=O)cc1C(=O)NC(c1ccc2c(c1)OCCO2)C(C)C. The Balaban J connectivity index is 1.90. The molecule has 28 heavy (non-hydrogen) atoms. The van der Waals surface area contributed by atoms with Crippen molar-refractivity contribution in [2.75, 3.05) is 19.5 Å². The Bertz CT molecular complexity index is 998. The first-order valence-corrected chi connectivity index (χ1v) is 11.1. The molecule has 0 spiro atoms. The third-order valence-electron chi connectivity index (χ3n) is 4.76. The second-order valence-electron chi connectivity index (χ2n) is 7.35. The second kappa shape index (κ2) is 7.83. The molecule has 0 bridgehead atoms. The van der Waals surface area contributed by atoms with Crippen LogP contribution in [0.15, 0.2) is 41.3 Å². The van der Waals surface area contributed by atoms with Gasteiger partial charge in [-0.05, 0) is 48.2 Å². The number of hydrogen-bond acceptors (Lipinski definition) is 5. The molecule has 1 amide bonds. The van der Waals surface area contributed by atoms with E-state index in [9.17, 15) is 13.2 Å². The van der Waals surface area contributed by atoms with E-state index < -0.39 is 9.84 Å². The molecule has 1 aliphatic heterocycles. The minimum absolute atomic E-state index is 0.116. The quantitative estimate of drug-likeness (QED) is 0.828. The van der Waals surface area contributed by atoms with Gasteiger partial charge in [0.15, 0.2) is 21.3 Å². The van der Waals surface area contributed by atoms with Crippen molar-refractivity contribution in [3.05, 3.63) is 53.1 Å². The number of rotatable bonds is 5. The van der Waals surface area contributed by atoms with Crippen LogP contribution in [0.25, 0.3) is 0 Å². The molecule has 1 N–H and O–H groups in total. The van der Waals surface area contributed by atoms with Crippen LogP contribution in [0.1, 0.15) is 41.4 Å². The maximum absolute atomic E-state index is 13.0. The minimum Gasteiger partial charge on any atom is -0.486 e. The van der Waals surface area contributed by atoms with Crippen molar-refractivity contribution in [3.63, 3.8) is 0 Å². The summed E-state index contributed by atoms with van der Waals surface area (Å²) in [5, 5.41) is 3.05. The average molecular weight is 404 g/mol. The summed E-state index contributed by atoms with van der Waals surface area (Å²) in [6.07, 6.45) is 1.13. The van der Waals surface area contributed by atoms with Crippen LogP contribution in [0.2, 0.25) is 0 Å². The normalized spacial score (nSPS) is 14.6. The van der Waals surface area contributed by atoms with Gasteiger partial charge in [-0.3, -0.25) is 4.79 Å². The summed E-state index contributed by atoms with van der Waals surface area (Å²) in [6.45, 7) is 6.83. The van der Waals surface area contributed by atoms with E-state index in [0.717, 1.165) is 17.4 Å². The third kappa shape index (κ3) is 4.30. The summed E-state index contributed by atoms with van der Waals surface area (Å²) in [5.74, 6) is 1.17. The number of hydrogen-bond donors (Lipinski definition) is 1. The maximum Gasteiger partial charge on any atom is 0.252 e. The molecule has 2 aromatic carbocycles. The number of amides is 1. The monoisotopic (exact) mass is 403 g/mol. The van der Waals surface area contributed by atoms with Gasteiger partial charge in [0.1, 0.15) is 13.2 Å². The van der Waals surface area contributed by atoms with Crippen molar-refractivity contribution >= 4 is 15.7 Å². The van der Waals surface area contributed by atoms with Crippen LogP contribution in [-0.2, 0) is 9.84 Å². The molecule has 0 radical (unpaired) electrons. The molecule has 0 saturated carbocycles. The number of sulfone groups is 1. The van der Waals surface area contributed by atoms with E-state index in [1.807, 2.05) is 32.0 Å². The molecular formula is C21H25NO5S. The average Bonchev–Trinajstić information content (AvgIpc) is 2.64. The van der Waals surface area contributed by atoms with Crippen molar-refractivity contribution in [3.8, 4) is 11.5 Å². The molecular weight excluding hydrogens is 378 g/mol. The Labute approximate surface area is 165 Å². The number of carbonyl (C=O) groups excluding carboxylic acids is 1. The van der Waals surface area contributed by atoms with Crippen LogP contribution in [0.5, 0.6) is 11.5 Å². The Morgan fingerprint density at radius 3 is 2.36 bits per heavy atom. The molecule has 0 saturated heterocycles. The topological polar surface area (TPSA) is 81.7 Å². The van der Waals surface area contributed by atoms with Gasteiger partial charge in [-0.2, -0.15) is 0 Å². The van der Waals surface area contributed by atoms with Gasteiger partial charge in [-0.25, -0.2) is 8.42 Å². The molecule has 1 aliphatic rings. The molecule has 150 valence electrons. The highest BCUT2D eigenvalue weighted by atomic mass is 32.2. The fourth-order valence-corrected chi connectivity index (χ4v) is 3.83. The lowest BCUT2D eigenvalue weighted by molar-refractivity contribution is 0.0924. The van der Waals surface area contributed by atoms with Crippen LogP contribution in [0.3, 0.4) is 0 Å². The number of aryl methyl sites for hydroxylation is 1. The summed E-state index contributed by atoms with van der Waals surface area (Å²) in [7, 11) is -3.39. The zero-order valence-corrected chi connectivity index (χ0v) is 17.3. The Morgan fingerprint density at radius 1 is 1.04 bits per heavy atom. The van der Waals surface area contributed by atoms with Crippen molar-refractivity contribution in [1.82, 2.24) is 5.32 Å². The first kappa shape index (κ1) is 20.2.